The molecular formula is C11H16ClN5O3S. The van der Waals surface area contributed by atoms with Crippen molar-refractivity contribution in [2.45, 2.75) is 26.3 Å². The number of hydrogen-bond acceptors (Lipinski definition) is 5. The van der Waals surface area contributed by atoms with Crippen LogP contribution in [0.25, 0.3) is 0 Å². The van der Waals surface area contributed by atoms with Gasteiger partial charge in [0.1, 0.15) is 18.6 Å². The molecular weight excluding hydrogens is 318 g/mol. The molecule has 0 aliphatic carbocycles. The predicted octanol–water partition coefficient (Wildman–Crippen LogP) is 2.19. The zero-order valence-corrected chi connectivity index (χ0v) is 13.1. The average Bonchev–Trinajstić information content (AvgIpc) is 2.84. The molecule has 8 nitrogen and oxygen atoms in total. The Kier molecular flexibility index (Phi) is 5.71. The van der Waals surface area contributed by atoms with Crippen LogP contribution in [0, 0.1) is 10.1 Å². The lowest BCUT2D eigenvalue weighted by molar-refractivity contribution is -0.486. The summed E-state index contributed by atoms with van der Waals surface area (Å²) in [6.07, 6.45) is 3.56. The van der Waals surface area contributed by atoms with E-state index in [1.807, 2.05) is 0 Å². The first-order valence-corrected chi connectivity index (χ1v) is 7.70. The highest BCUT2D eigenvalue weighted by Crippen LogP contribution is 2.21. The van der Waals surface area contributed by atoms with Gasteiger partial charge in [-0.05, 0) is 6.42 Å². The highest BCUT2D eigenvalue weighted by atomic mass is 35.5. The molecule has 1 aromatic rings. The Morgan fingerprint density at radius 1 is 1.57 bits per heavy atom. The molecule has 10 heteroatoms. The first-order chi connectivity index (χ1) is 10.1. The van der Waals surface area contributed by atoms with Gasteiger partial charge in [0.05, 0.1) is 6.54 Å². The van der Waals surface area contributed by atoms with Crippen molar-refractivity contribution in [3.05, 3.63) is 25.7 Å². The molecule has 1 fully saturated rings. The van der Waals surface area contributed by atoms with Crippen LogP contribution in [0.4, 0.5) is 0 Å². The monoisotopic (exact) mass is 333 g/mol. The van der Waals surface area contributed by atoms with E-state index in [1.165, 1.54) is 11.3 Å². The zero-order valence-electron chi connectivity index (χ0n) is 11.6. The molecule has 0 bridgehead atoms. The fourth-order valence-electron chi connectivity index (χ4n) is 1.95. The van der Waals surface area contributed by atoms with Crippen molar-refractivity contribution in [2.24, 2.45) is 5.10 Å². The number of ether oxygens (including phenoxy) is 1. The Hall–Kier alpha value is -1.45. The average molecular weight is 334 g/mol. The van der Waals surface area contributed by atoms with Crippen molar-refractivity contribution in [3.63, 3.8) is 0 Å². The van der Waals surface area contributed by atoms with Crippen LogP contribution in [0.1, 0.15) is 24.6 Å². The number of nitro groups is 1. The summed E-state index contributed by atoms with van der Waals surface area (Å²) in [5.74, 6) is 0.323. The quantitative estimate of drug-likeness (QED) is 0.586. The number of unbranched alkanes of at least 4 members (excludes halogenated alkanes) is 1. The molecule has 0 amide bonds. The minimum atomic E-state index is -0.674. The summed E-state index contributed by atoms with van der Waals surface area (Å²) in [5.41, 5.74) is 0. The van der Waals surface area contributed by atoms with Crippen LogP contribution in [-0.2, 0) is 11.3 Å². The van der Waals surface area contributed by atoms with Gasteiger partial charge >= 0.3 is 0 Å². The highest BCUT2D eigenvalue weighted by molar-refractivity contribution is 7.15. The molecule has 0 N–H and O–H groups in total. The van der Waals surface area contributed by atoms with E-state index < -0.39 is 5.03 Å². The minimum absolute atomic E-state index is 0.255. The second-order valence-corrected chi connectivity index (χ2v) is 6.19. The summed E-state index contributed by atoms with van der Waals surface area (Å²) in [6, 6.07) is 0. The molecule has 0 spiro atoms. The number of nitrogens with zero attached hydrogens (tertiary/aromatic N) is 5. The topological polar surface area (TPSA) is 84.1 Å². The Balaban J connectivity index is 2.14. The van der Waals surface area contributed by atoms with Crippen LogP contribution >= 0.6 is 22.9 Å². The van der Waals surface area contributed by atoms with E-state index in [4.69, 9.17) is 16.3 Å². The highest BCUT2D eigenvalue weighted by Gasteiger charge is 2.27. The molecule has 116 valence electrons. The molecule has 1 aliphatic heterocycles. The summed E-state index contributed by atoms with van der Waals surface area (Å²) >= 11 is 7.14. The van der Waals surface area contributed by atoms with Gasteiger partial charge in [0, 0.05) is 17.6 Å². The van der Waals surface area contributed by atoms with Crippen LogP contribution < -0.4 is 0 Å². The molecule has 2 rings (SSSR count). The van der Waals surface area contributed by atoms with Crippen molar-refractivity contribution < 1.29 is 9.77 Å². The summed E-state index contributed by atoms with van der Waals surface area (Å²) in [5, 5.41) is 13.6. The smallest absolute Gasteiger partial charge is 0.277 e. The molecule has 0 unspecified atom stereocenters. The maximum absolute atomic E-state index is 10.8. The van der Waals surface area contributed by atoms with Gasteiger partial charge in [-0.25, -0.2) is 15.1 Å². The second-order valence-electron chi connectivity index (χ2n) is 4.49. The van der Waals surface area contributed by atoms with E-state index in [1.54, 1.807) is 16.0 Å². The fourth-order valence-corrected chi connectivity index (χ4v) is 2.94. The van der Waals surface area contributed by atoms with E-state index >= 15 is 0 Å². The second kappa shape index (κ2) is 7.53. The van der Waals surface area contributed by atoms with Crippen LogP contribution in [0.2, 0.25) is 4.47 Å². The van der Waals surface area contributed by atoms with Gasteiger partial charge < -0.3 is 14.5 Å². The summed E-state index contributed by atoms with van der Waals surface area (Å²) < 4.78 is 5.93. The van der Waals surface area contributed by atoms with Gasteiger partial charge in [-0.15, -0.1) is 11.3 Å². The molecule has 0 aromatic carbocycles. The summed E-state index contributed by atoms with van der Waals surface area (Å²) in [7, 11) is 0. The van der Waals surface area contributed by atoms with E-state index in [2.05, 4.69) is 17.0 Å². The van der Waals surface area contributed by atoms with Crippen LogP contribution in [0.15, 0.2) is 11.3 Å². The number of hydrazone groups is 1. The molecule has 0 saturated carbocycles. The van der Waals surface area contributed by atoms with Gasteiger partial charge in [0.25, 0.3) is 5.96 Å². The lowest BCUT2D eigenvalue weighted by Crippen LogP contribution is -2.51. The maximum atomic E-state index is 10.8. The standard InChI is InChI=1S/C11H16ClN5O3S/c1-2-3-4-15-7-20-8-16(11(15)14-17(18)19)6-9-5-13-10(12)21-9/h5H,2-4,6-8H2,1H3/b14-11+. The zero-order chi connectivity index (χ0) is 15.2. The van der Waals surface area contributed by atoms with Crippen LogP contribution in [0.5, 0.6) is 0 Å². The van der Waals surface area contributed by atoms with E-state index in [-0.39, 0.29) is 6.73 Å². The van der Waals surface area contributed by atoms with Crippen molar-refractivity contribution in [1.82, 2.24) is 14.8 Å². The van der Waals surface area contributed by atoms with Crippen molar-refractivity contribution in [1.29, 1.82) is 0 Å². The molecule has 2 heterocycles. The first-order valence-electron chi connectivity index (χ1n) is 6.51. The van der Waals surface area contributed by atoms with E-state index in [0.717, 1.165) is 17.7 Å². The SMILES string of the molecule is CCCCN1COCN(Cc2cnc(Cl)s2)/C1=N/[N+](=O)[O-]. The Morgan fingerprint density at radius 3 is 2.95 bits per heavy atom. The Bertz CT molecular complexity index is 524. The maximum Gasteiger partial charge on any atom is 0.277 e. The number of thiazole rings is 1. The largest absolute Gasteiger partial charge is 0.341 e. The molecule has 0 atom stereocenters. The lowest BCUT2D eigenvalue weighted by Gasteiger charge is -2.36. The number of hydrogen-bond donors (Lipinski definition) is 0. The van der Waals surface area contributed by atoms with Gasteiger partial charge in [-0.3, -0.25) is 0 Å². The Morgan fingerprint density at radius 2 is 2.33 bits per heavy atom. The normalized spacial score (nSPS) is 17.5. The number of rotatable bonds is 6. The van der Waals surface area contributed by atoms with Crippen molar-refractivity contribution in [3.8, 4) is 0 Å². The van der Waals surface area contributed by atoms with Gasteiger partial charge in [0.15, 0.2) is 9.50 Å². The third-order valence-electron chi connectivity index (χ3n) is 2.88. The third kappa shape index (κ3) is 4.51. The van der Waals surface area contributed by atoms with Crippen molar-refractivity contribution in [2.75, 3.05) is 20.0 Å². The molecule has 1 aromatic heterocycles. The Labute approximate surface area is 131 Å². The number of guanidine groups is 1. The molecule has 0 radical (unpaired) electrons. The fraction of sp³-hybridized carbons (Fsp3) is 0.636. The van der Waals surface area contributed by atoms with Crippen molar-refractivity contribution >= 4 is 28.9 Å². The van der Waals surface area contributed by atoms with Gasteiger partial charge in [-0.2, -0.15) is 0 Å². The van der Waals surface area contributed by atoms with Gasteiger partial charge in [0.2, 0.25) is 0 Å². The molecule has 1 saturated heterocycles. The van der Waals surface area contributed by atoms with Crippen LogP contribution in [-0.4, -0.2) is 45.8 Å². The van der Waals surface area contributed by atoms with Crippen LogP contribution in [0.3, 0.4) is 0 Å². The first kappa shape index (κ1) is 15.9. The number of aromatic nitrogens is 1. The predicted molar refractivity (Wildman–Crippen MR) is 79.5 cm³/mol. The van der Waals surface area contributed by atoms with E-state index in [9.17, 15) is 10.1 Å². The third-order valence-corrected chi connectivity index (χ3v) is 3.98. The number of halogens is 1. The summed E-state index contributed by atoms with van der Waals surface area (Å²) in [6.45, 7) is 3.73. The minimum Gasteiger partial charge on any atom is -0.341 e. The van der Waals surface area contributed by atoms with E-state index in [0.29, 0.717) is 30.2 Å². The van der Waals surface area contributed by atoms with Gasteiger partial charge in [-0.1, -0.05) is 24.9 Å². The molecule has 21 heavy (non-hydrogen) atoms. The lowest BCUT2D eigenvalue weighted by atomic mass is 10.3. The molecule has 1 aliphatic rings. The summed E-state index contributed by atoms with van der Waals surface area (Å²) in [4.78, 5) is 19.1.